The van der Waals surface area contributed by atoms with Crippen molar-refractivity contribution in [1.82, 2.24) is 9.13 Å². The predicted molar refractivity (Wildman–Crippen MR) is 198 cm³/mol. The zero-order chi connectivity index (χ0) is 32.8. The van der Waals surface area contributed by atoms with Crippen LogP contribution in [0.2, 0.25) is 0 Å². The summed E-state index contributed by atoms with van der Waals surface area (Å²) >= 11 is 1.82. The first-order valence-corrected chi connectivity index (χ1v) is 20.1. The van der Waals surface area contributed by atoms with Crippen LogP contribution < -0.4 is 0 Å². The van der Waals surface area contributed by atoms with E-state index < -0.39 is 0 Å². The molecule has 2 aromatic carbocycles. The first-order chi connectivity index (χ1) is 21.6. The number of rotatable bonds is 5. The van der Waals surface area contributed by atoms with Gasteiger partial charge in [-0.15, -0.1) is 11.8 Å². The maximum atomic E-state index is 6.54. The Labute approximate surface area is 285 Å². The van der Waals surface area contributed by atoms with Crippen molar-refractivity contribution in [3.05, 3.63) is 67.0 Å². The van der Waals surface area contributed by atoms with Crippen molar-refractivity contribution in [3.63, 3.8) is 0 Å². The average Bonchev–Trinajstić information content (AvgIpc) is 3.66. The molecule has 248 valence electrons. The molecule has 2 aliphatic heterocycles. The number of fused-ring (bicyclic) bond motifs is 2. The van der Waals surface area contributed by atoms with Crippen molar-refractivity contribution >= 4 is 55.2 Å². The number of thioether (sulfide) groups is 1. The smallest absolute Gasteiger partial charge is 0.137 e. The first kappa shape index (κ1) is 36.3. The number of hydrogen-bond acceptors (Lipinski definition) is 4. The molecule has 4 nitrogen and oxygen atoms in total. The Hall–Kier alpha value is -1.57. The Morgan fingerprint density at radius 2 is 1.13 bits per heavy atom. The second kappa shape index (κ2) is 16.5. The monoisotopic (exact) mass is 670 g/mol. The number of halogens is 1. The van der Waals surface area contributed by atoms with Gasteiger partial charge < -0.3 is 18.6 Å². The van der Waals surface area contributed by atoms with Gasteiger partial charge in [-0.25, -0.2) is 0 Å². The van der Waals surface area contributed by atoms with Crippen LogP contribution in [-0.2, 0) is 9.47 Å². The largest absolute Gasteiger partial charge is 0.354 e. The molecule has 0 spiro atoms. The molecule has 10 atom stereocenters. The van der Waals surface area contributed by atoms with E-state index in [2.05, 4.69) is 138 Å². The number of para-hydroxylation sites is 2. The van der Waals surface area contributed by atoms with Crippen molar-refractivity contribution in [3.8, 4) is 0 Å². The van der Waals surface area contributed by atoms with E-state index >= 15 is 0 Å². The third-order valence-electron chi connectivity index (χ3n) is 10.9. The highest BCUT2D eigenvalue weighted by molar-refractivity contribution is 8.20. The molecule has 0 radical (unpaired) electrons. The lowest BCUT2D eigenvalue weighted by molar-refractivity contribution is -0.166. The highest BCUT2D eigenvalue weighted by atomic mass is 35.7. The standard InChI is InChI=1S/C19H27NOS.C18H25NO.CH3ClS/c1-6-17-13(3)12(2)14(4)19(21-17)20-11-18(22-5)15-9-7-8-10-16(15)20;1-5-17-13(3)12(2)14(4)18(20-17)19-11-10-15-8-6-7-9-16(15)19;1-3-2/h7-14,17,19H,6H2,1-5H3;6-14,17-18H,5H2,1-4H3;1H3/t12-,13?,14+,17+,19+;12-,13?,14+,17+,18+;/m00./s1. The van der Waals surface area contributed by atoms with Crippen molar-refractivity contribution in [2.45, 2.75) is 97.8 Å². The number of nitrogens with zero attached hydrogens (tertiary/aromatic N) is 2. The molecular formula is C38H55ClN2O2S2. The summed E-state index contributed by atoms with van der Waals surface area (Å²) in [6.45, 7) is 18.6. The zero-order valence-corrected chi connectivity index (χ0v) is 31.3. The summed E-state index contributed by atoms with van der Waals surface area (Å²) in [6, 6.07) is 19.4. The van der Waals surface area contributed by atoms with Crippen LogP contribution in [0.4, 0.5) is 0 Å². The maximum Gasteiger partial charge on any atom is 0.137 e. The Bertz CT molecular complexity index is 1480. The van der Waals surface area contributed by atoms with E-state index in [1.54, 1.807) is 0 Å². The summed E-state index contributed by atoms with van der Waals surface area (Å²) in [5, 5.41) is 2.63. The van der Waals surface area contributed by atoms with E-state index in [0.717, 1.165) is 12.8 Å². The van der Waals surface area contributed by atoms with Gasteiger partial charge in [-0.2, -0.15) is 0 Å². The Morgan fingerprint density at radius 3 is 1.67 bits per heavy atom. The van der Waals surface area contributed by atoms with Crippen LogP contribution in [0.25, 0.3) is 21.8 Å². The SMILES string of the molecule is CC[C@H]1O[C@@H](n2cc(SC)c3ccccc32)[C@H](C)[C@@H](C)C1C.CC[C@H]1O[C@@H](n2ccc3ccccc32)[C@H](C)[C@@H](C)C1C.CSCl. The molecule has 7 heteroatoms. The quantitative estimate of drug-likeness (QED) is 0.198. The minimum Gasteiger partial charge on any atom is -0.354 e. The highest BCUT2D eigenvalue weighted by Crippen LogP contribution is 2.44. The van der Waals surface area contributed by atoms with E-state index in [4.69, 9.17) is 20.2 Å². The molecule has 4 heterocycles. The summed E-state index contributed by atoms with van der Waals surface area (Å²) in [4.78, 5) is 1.34. The minimum absolute atomic E-state index is 0.141. The van der Waals surface area contributed by atoms with Gasteiger partial charge in [0.05, 0.1) is 23.2 Å². The third kappa shape index (κ3) is 7.62. The molecule has 45 heavy (non-hydrogen) atoms. The van der Waals surface area contributed by atoms with Gasteiger partial charge in [-0.05, 0) is 83.3 Å². The van der Waals surface area contributed by atoms with Gasteiger partial charge in [0.25, 0.3) is 0 Å². The van der Waals surface area contributed by atoms with Crippen LogP contribution in [0, 0.1) is 35.5 Å². The molecular weight excluding hydrogens is 616 g/mol. The third-order valence-corrected chi connectivity index (χ3v) is 11.7. The van der Waals surface area contributed by atoms with Gasteiger partial charge in [0.2, 0.25) is 0 Å². The maximum absolute atomic E-state index is 6.54. The number of benzene rings is 2. The molecule has 0 aliphatic carbocycles. The molecule has 2 fully saturated rings. The molecule has 2 saturated heterocycles. The van der Waals surface area contributed by atoms with Gasteiger partial charge in [0, 0.05) is 34.5 Å². The molecule has 0 N–H and O–H groups in total. The first-order valence-electron chi connectivity index (χ1n) is 16.8. The summed E-state index contributed by atoms with van der Waals surface area (Å²) in [6.07, 6.45) is 11.6. The number of ether oxygens (including phenoxy) is 2. The lowest BCUT2D eigenvalue weighted by Gasteiger charge is -2.44. The van der Waals surface area contributed by atoms with E-state index in [9.17, 15) is 0 Å². The van der Waals surface area contributed by atoms with Crippen molar-refractivity contribution < 1.29 is 9.47 Å². The lowest BCUT2D eigenvalue weighted by Crippen LogP contribution is -2.42. The molecule has 6 rings (SSSR count). The van der Waals surface area contributed by atoms with Crippen molar-refractivity contribution in [2.24, 2.45) is 35.5 Å². The van der Waals surface area contributed by atoms with Crippen LogP contribution in [0.3, 0.4) is 0 Å². The van der Waals surface area contributed by atoms with Crippen molar-refractivity contribution in [2.75, 3.05) is 12.5 Å². The van der Waals surface area contributed by atoms with Gasteiger partial charge >= 0.3 is 0 Å². The summed E-state index contributed by atoms with van der Waals surface area (Å²) in [5.74, 6) is 3.65. The Morgan fingerprint density at radius 1 is 0.644 bits per heavy atom. The predicted octanol–water partition coefficient (Wildman–Crippen LogP) is 11.9. The van der Waals surface area contributed by atoms with Crippen LogP contribution in [0.5, 0.6) is 0 Å². The second-order valence-corrected chi connectivity index (χ2v) is 15.2. The summed E-state index contributed by atoms with van der Waals surface area (Å²) < 4.78 is 17.7. The average molecular weight is 671 g/mol. The van der Waals surface area contributed by atoms with Gasteiger partial charge in [-0.1, -0.05) is 103 Å². The summed E-state index contributed by atoms with van der Waals surface area (Å²) in [5.41, 5.74) is 2.57. The summed E-state index contributed by atoms with van der Waals surface area (Å²) in [7, 11) is 6.14. The highest BCUT2D eigenvalue weighted by Gasteiger charge is 2.40. The fourth-order valence-electron chi connectivity index (χ4n) is 7.45. The molecule has 0 bridgehead atoms. The fourth-order valence-corrected chi connectivity index (χ4v) is 8.07. The number of hydrogen-bond donors (Lipinski definition) is 0. The van der Waals surface area contributed by atoms with Crippen LogP contribution in [0.1, 0.15) is 80.7 Å². The van der Waals surface area contributed by atoms with E-state index in [1.807, 2.05) is 18.0 Å². The minimum atomic E-state index is 0.141. The molecule has 0 saturated carbocycles. The van der Waals surface area contributed by atoms with Crippen LogP contribution in [-0.4, -0.2) is 33.9 Å². The van der Waals surface area contributed by atoms with E-state index in [0.29, 0.717) is 47.7 Å². The van der Waals surface area contributed by atoms with E-state index in [1.165, 1.54) is 37.7 Å². The molecule has 2 aliphatic rings. The lowest BCUT2D eigenvalue weighted by atomic mass is 9.77. The molecule has 2 unspecified atom stereocenters. The van der Waals surface area contributed by atoms with Gasteiger partial charge in [0.15, 0.2) is 0 Å². The molecule has 4 aromatic rings. The van der Waals surface area contributed by atoms with E-state index in [-0.39, 0.29) is 12.5 Å². The van der Waals surface area contributed by atoms with Crippen molar-refractivity contribution in [1.29, 1.82) is 0 Å². The number of aromatic nitrogens is 2. The van der Waals surface area contributed by atoms with Crippen LogP contribution >= 0.6 is 33.4 Å². The van der Waals surface area contributed by atoms with Crippen LogP contribution in [0.15, 0.2) is 71.9 Å². The topological polar surface area (TPSA) is 28.3 Å². The molecule has 2 aromatic heterocycles. The normalized spacial score (nSPS) is 31.6. The Balaban J connectivity index is 0.000000189. The Kier molecular flexibility index (Phi) is 13.3. The second-order valence-electron chi connectivity index (χ2n) is 13.2. The van der Waals surface area contributed by atoms with Gasteiger partial charge in [-0.3, -0.25) is 0 Å². The zero-order valence-electron chi connectivity index (χ0n) is 28.9. The molecule has 0 amide bonds. The fraction of sp³-hybridized carbons (Fsp3) is 0.579. The van der Waals surface area contributed by atoms with Gasteiger partial charge in [0.1, 0.15) is 12.5 Å².